The molecule has 1 amide bonds. The van der Waals surface area contributed by atoms with Gasteiger partial charge in [-0.05, 0) is 30.5 Å². The molecule has 0 unspecified atom stereocenters. The molecule has 0 atom stereocenters. The van der Waals surface area contributed by atoms with Gasteiger partial charge in [0.1, 0.15) is 0 Å². The van der Waals surface area contributed by atoms with E-state index in [-0.39, 0.29) is 12.3 Å². The fourth-order valence-corrected chi connectivity index (χ4v) is 1.82. The van der Waals surface area contributed by atoms with Gasteiger partial charge in [-0.2, -0.15) is 0 Å². The second-order valence-electron chi connectivity index (χ2n) is 4.46. The predicted octanol–water partition coefficient (Wildman–Crippen LogP) is 1.80. The van der Waals surface area contributed by atoms with E-state index in [1.807, 2.05) is 12.1 Å². The lowest BCUT2D eigenvalue weighted by atomic mass is 10.1. The van der Waals surface area contributed by atoms with E-state index in [9.17, 15) is 9.59 Å². The minimum atomic E-state index is -0.437. The molecule has 1 aromatic carbocycles. The second-order valence-corrected chi connectivity index (χ2v) is 4.46. The van der Waals surface area contributed by atoms with Crippen molar-refractivity contribution in [3.05, 3.63) is 42.1 Å². The predicted molar refractivity (Wildman–Crippen MR) is 70.5 cm³/mol. The average molecular weight is 260 g/mol. The van der Waals surface area contributed by atoms with E-state index >= 15 is 0 Å². The number of anilines is 1. The number of allylic oxidation sites excluding steroid dienone is 1. The first-order valence-electron chi connectivity index (χ1n) is 6.12. The van der Waals surface area contributed by atoms with Crippen LogP contribution in [0.4, 0.5) is 5.69 Å². The number of carbonyl (C=O) groups is 2. The van der Waals surface area contributed by atoms with E-state index < -0.39 is 5.97 Å². The van der Waals surface area contributed by atoms with E-state index in [1.165, 1.54) is 0 Å². The van der Waals surface area contributed by atoms with E-state index in [2.05, 4.69) is 6.58 Å². The van der Waals surface area contributed by atoms with Crippen LogP contribution in [-0.2, 0) is 20.8 Å². The summed E-state index contributed by atoms with van der Waals surface area (Å²) in [7, 11) is 0. The van der Waals surface area contributed by atoms with Crippen LogP contribution < -0.4 is 5.73 Å². The summed E-state index contributed by atoms with van der Waals surface area (Å²) in [6, 6.07) is 7.30. The number of carbonyl (C=O) groups excluding carboxylic acids is 2. The van der Waals surface area contributed by atoms with Crippen LogP contribution in [0.2, 0.25) is 0 Å². The highest BCUT2D eigenvalue weighted by Gasteiger charge is 2.27. The SMILES string of the molecule is C=C1CCC(=O)N1OC(=O)CCc1ccc(N)cc1. The van der Waals surface area contributed by atoms with Crippen LogP contribution in [0.5, 0.6) is 0 Å². The molecule has 1 aliphatic rings. The Morgan fingerprint density at radius 1 is 1.32 bits per heavy atom. The maximum absolute atomic E-state index is 11.6. The van der Waals surface area contributed by atoms with Crippen molar-refractivity contribution in [1.82, 2.24) is 5.06 Å². The van der Waals surface area contributed by atoms with E-state index in [0.29, 0.717) is 30.6 Å². The molecule has 0 radical (unpaired) electrons. The largest absolute Gasteiger partial charge is 0.399 e. The summed E-state index contributed by atoms with van der Waals surface area (Å²) in [5.41, 5.74) is 7.79. The van der Waals surface area contributed by atoms with Gasteiger partial charge in [0.05, 0.1) is 12.1 Å². The Balaban J connectivity index is 1.83. The molecule has 0 spiro atoms. The Labute approximate surface area is 111 Å². The van der Waals surface area contributed by atoms with Gasteiger partial charge >= 0.3 is 5.97 Å². The average Bonchev–Trinajstić information content (AvgIpc) is 2.70. The number of benzene rings is 1. The van der Waals surface area contributed by atoms with Crippen LogP contribution in [0.1, 0.15) is 24.8 Å². The lowest BCUT2D eigenvalue weighted by Crippen LogP contribution is -2.27. The molecule has 0 aliphatic carbocycles. The Kier molecular flexibility index (Phi) is 3.85. The van der Waals surface area contributed by atoms with Gasteiger partial charge in [0.2, 0.25) is 0 Å². The zero-order chi connectivity index (χ0) is 13.8. The number of aryl methyl sites for hydroxylation is 1. The summed E-state index contributed by atoms with van der Waals surface area (Å²) >= 11 is 0. The standard InChI is InChI=1S/C14H16N2O3/c1-10-2-8-13(17)16(10)19-14(18)9-5-11-3-6-12(15)7-4-11/h3-4,6-7H,1-2,5,8-9,15H2. The van der Waals surface area contributed by atoms with Gasteiger partial charge in [-0.3, -0.25) is 4.79 Å². The van der Waals surface area contributed by atoms with E-state index in [4.69, 9.17) is 10.6 Å². The highest BCUT2D eigenvalue weighted by molar-refractivity contribution is 5.82. The quantitative estimate of drug-likeness (QED) is 0.838. The molecule has 0 aromatic heterocycles. The van der Waals surface area contributed by atoms with Gasteiger partial charge < -0.3 is 10.6 Å². The second kappa shape index (κ2) is 5.56. The van der Waals surface area contributed by atoms with Crippen LogP contribution in [0.3, 0.4) is 0 Å². The van der Waals surface area contributed by atoms with Crippen molar-refractivity contribution < 1.29 is 14.4 Å². The van der Waals surface area contributed by atoms with Gasteiger partial charge in [0, 0.05) is 12.1 Å². The van der Waals surface area contributed by atoms with Crippen molar-refractivity contribution in [2.24, 2.45) is 0 Å². The first kappa shape index (κ1) is 13.1. The van der Waals surface area contributed by atoms with Crippen molar-refractivity contribution >= 4 is 17.6 Å². The molecule has 5 heteroatoms. The fourth-order valence-electron chi connectivity index (χ4n) is 1.82. The third-order valence-electron chi connectivity index (χ3n) is 2.93. The van der Waals surface area contributed by atoms with Crippen LogP contribution in [-0.4, -0.2) is 16.9 Å². The Morgan fingerprint density at radius 3 is 2.58 bits per heavy atom. The van der Waals surface area contributed by atoms with Gasteiger partial charge in [-0.15, -0.1) is 5.06 Å². The molecule has 5 nitrogen and oxygen atoms in total. The molecular weight excluding hydrogens is 244 g/mol. The monoisotopic (exact) mass is 260 g/mol. The molecule has 1 heterocycles. The summed E-state index contributed by atoms with van der Waals surface area (Å²) in [6.45, 7) is 3.68. The maximum atomic E-state index is 11.6. The maximum Gasteiger partial charge on any atom is 0.333 e. The lowest BCUT2D eigenvalue weighted by molar-refractivity contribution is -0.186. The summed E-state index contributed by atoms with van der Waals surface area (Å²) in [5.74, 6) is -0.654. The Hall–Kier alpha value is -2.30. The number of amides is 1. The molecule has 1 saturated heterocycles. The molecule has 0 saturated carbocycles. The van der Waals surface area contributed by atoms with Gasteiger partial charge in [-0.25, -0.2) is 4.79 Å². The Bertz CT molecular complexity index is 492. The first-order valence-corrected chi connectivity index (χ1v) is 6.12. The number of nitrogens with two attached hydrogens (primary N) is 1. The van der Waals surface area contributed by atoms with Crippen LogP contribution >= 0.6 is 0 Å². The highest BCUT2D eigenvalue weighted by Crippen LogP contribution is 2.21. The van der Waals surface area contributed by atoms with E-state index in [1.54, 1.807) is 12.1 Å². The molecule has 1 aliphatic heterocycles. The molecule has 19 heavy (non-hydrogen) atoms. The van der Waals surface area contributed by atoms with Gasteiger partial charge in [-0.1, -0.05) is 18.7 Å². The highest BCUT2D eigenvalue weighted by atomic mass is 16.7. The third kappa shape index (κ3) is 3.34. The molecule has 2 rings (SSSR count). The van der Waals surface area contributed by atoms with Crippen LogP contribution in [0.15, 0.2) is 36.5 Å². The number of hydrogen-bond donors (Lipinski definition) is 1. The summed E-state index contributed by atoms with van der Waals surface area (Å²) < 4.78 is 0. The summed E-state index contributed by atoms with van der Waals surface area (Å²) in [6.07, 6.45) is 1.66. The number of hydrogen-bond acceptors (Lipinski definition) is 4. The molecule has 2 N–H and O–H groups in total. The molecule has 1 fully saturated rings. The molecule has 1 aromatic rings. The number of hydroxylamine groups is 2. The number of nitrogens with zero attached hydrogens (tertiary/aromatic N) is 1. The third-order valence-corrected chi connectivity index (χ3v) is 2.93. The fraction of sp³-hybridized carbons (Fsp3) is 0.286. The molecule has 100 valence electrons. The molecule has 0 bridgehead atoms. The summed E-state index contributed by atoms with van der Waals surface area (Å²) in [4.78, 5) is 28.1. The van der Waals surface area contributed by atoms with Crippen LogP contribution in [0, 0.1) is 0 Å². The molecular formula is C14H16N2O3. The number of nitrogen functional groups attached to an aromatic ring is 1. The van der Waals surface area contributed by atoms with E-state index in [0.717, 1.165) is 10.6 Å². The zero-order valence-electron chi connectivity index (χ0n) is 10.6. The normalized spacial score (nSPS) is 14.8. The van der Waals surface area contributed by atoms with Gasteiger partial charge in [0.25, 0.3) is 5.91 Å². The zero-order valence-corrected chi connectivity index (χ0v) is 10.6. The topological polar surface area (TPSA) is 72.6 Å². The van der Waals surface area contributed by atoms with Crippen LogP contribution in [0.25, 0.3) is 0 Å². The first-order chi connectivity index (χ1) is 9.06. The smallest absolute Gasteiger partial charge is 0.333 e. The lowest BCUT2D eigenvalue weighted by Gasteiger charge is -2.15. The van der Waals surface area contributed by atoms with Crippen molar-refractivity contribution in [2.45, 2.75) is 25.7 Å². The van der Waals surface area contributed by atoms with Gasteiger partial charge in [0.15, 0.2) is 0 Å². The Morgan fingerprint density at radius 2 is 2.00 bits per heavy atom. The van der Waals surface area contributed by atoms with Crippen molar-refractivity contribution in [2.75, 3.05) is 5.73 Å². The van der Waals surface area contributed by atoms with Crippen molar-refractivity contribution in [1.29, 1.82) is 0 Å². The van der Waals surface area contributed by atoms with Crippen molar-refractivity contribution in [3.63, 3.8) is 0 Å². The number of rotatable bonds is 4. The minimum Gasteiger partial charge on any atom is -0.399 e. The van der Waals surface area contributed by atoms with Crippen molar-refractivity contribution in [3.8, 4) is 0 Å². The minimum absolute atomic E-state index is 0.209. The summed E-state index contributed by atoms with van der Waals surface area (Å²) in [5, 5.41) is 1.01.